The largest absolute Gasteiger partial charge is 0.347 e. The molecule has 3 aromatic rings. The first-order valence-electron chi connectivity index (χ1n) is 7.09. The molecular weight excluding hydrogens is 331 g/mol. The molecule has 0 aliphatic heterocycles. The Hall–Kier alpha value is -2.05. The van der Waals surface area contributed by atoms with Gasteiger partial charge in [-0.25, -0.2) is 9.37 Å². The molecule has 6 heteroatoms. The van der Waals surface area contributed by atoms with Gasteiger partial charge in [-0.15, -0.1) is 22.7 Å². The van der Waals surface area contributed by atoms with Crippen molar-refractivity contribution in [3.8, 4) is 9.88 Å². The minimum absolute atomic E-state index is 0.148. The summed E-state index contributed by atoms with van der Waals surface area (Å²) in [6.45, 7) is 3.91. The number of carbonyl (C=O) groups is 1. The molecule has 0 radical (unpaired) electrons. The summed E-state index contributed by atoms with van der Waals surface area (Å²) in [6.07, 6.45) is 0. The summed E-state index contributed by atoms with van der Waals surface area (Å²) in [6, 6.07) is 8.80. The second-order valence-corrected chi connectivity index (χ2v) is 7.12. The van der Waals surface area contributed by atoms with Crippen molar-refractivity contribution in [1.82, 2.24) is 10.3 Å². The van der Waals surface area contributed by atoms with E-state index >= 15 is 0 Å². The summed E-state index contributed by atoms with van der Waals surface area (Å²) in [5.41, 5.74) is 2.18. The van der Waals surface area contributed by atoms with Crippen LogP contribution in [-0.4, -0.2) is 10.9 Å². The zero-order chi connectivity index (χ0) is 16.4. The van der Waals surface area contributed by atoms with Crippen molar-refractivity contribution in [2.75, 3.05) is 0 Å². The van der Waals surface area contributed by atoms with Gasteiger partial charge in [0.05, 0.1) is 10.6 Å². The highest BCUT2D eigenvalue weighted by Crippen LogP contribution is 2.31. The molecule has 1 amide bonds. The van der Waals surface area contributed by atoms with Crippen LogP contribution >= 0.6 is 22.7 Å². The molecule has 0 aliphatic carbocycles. The van der Waals surface area contributed by atoms with Crippen LogP contribution in [0, 0.1) is 19.7 Å². The van der Waals surface area contributed by atoms with Crippen LogP contribution < -0.4 is 5.32 Å². The van der Waals surface area contributed by atoms with E-state index in [1.807, 2.05) is 24.4 Å². The zero-order valence-electron chi connectivity index (χ0n) is 12.7. The standard InChI is InChI=1S/C17H15FN2OS2/c1-10-8-12(5-6-13(10)18)9-19-16(21)15-11(2)20-17(23-15)14-4-3-7-22-14/h3-8H,9H2,1-2H3,(H,19,21). The fourth-order valence-corrected chi connectivity index (χ4v) is 3.97. The highest BCUT2D eigenvalue weighted by molar-refractivity contribution is 7.22. The lowest BCUT2D eigenvalue weighted by molar-refractivity contribution is 0.0954. The molecule has 0 atom stereocenters. The van der Waals surface area contributed by atoms with Gasteiger partial charge in [0.2, 0.25) is 0 Å². The quantitative estimate of drug-likeness (QED) is 0.752. The summed E-state index contributed by atoms with van der Waals surface area (Å²) in [5.74, 6) is -0.385. The van der Waals surface area contributed by atoms with Crippen LogP contribution in [0.25, 0.3) is 9.88 Å². The Labute approximate surface area is 141 Å². The van der Waals surface area contributed by atoms with E-state index in [-0.39, 0.29) is 11.7 Å². The molecule has 0 saturated carbocycles. The molecule has 2 heterocycles. The predicted molar refractivity (Wildman–Crippen MR) is 92.5 cm³/mol. The van der Waals surface area contributed by atoms with E-state index in [1.54, 1.807) is 30.4 Å². The van der Waals surface area contributed by atoms with E-state index in [4.69, 9.17) is 0 Å². The van der Waals surface area contributed by atoms with E-state index in [1.165, 1.54) is 17.4 Å². The number of nitrogens with zero attached hydrogens (tertiary/aromatic N) is 1. The minimum atomic E-state index is -0.237. The number of halogens is 1. The van der Waals surface area contributed by atoms with Crippen molar-refractivity contribution < 1.29 is 9.18 Å². The number of nitrogens with one attached hydrogen (secondary N) is 1. The molecule has 0 aliphatic rings. The second-order valence-electron chi connectivity index (χ2n) is 5.18. The summed E-state index contributed by atoms with van der Waals surface area (Å²) >= 11 is 3.00. The van der Waals surface area contributed by atoms with Crippen molar-refractivity contribution in [3.05, 3.63) is 63.2 Å². The van der Waals surface area contributed by atoms with Crippen molar-refractivity contribution in [2.24, 2.45) is 0 Å². The third kappa shape index (κ3) is 3.48. The van der Waals surface area contributed by atoms with Crippen LogP contribution in [0.4, 0.5) is 4.39 Å². The number of rotatable bonds is 4. The Morgan fingerprint density at radius 2 is 2.13 bits per heavy atom. The minimum Gasteiger partial charge on any atom is -0.347 e. The number of thiophene rings is 1. The van der Waals surface area contributed by atoms with Gasteiger partial charge >= 0.3 is 0 Å². The lowest BCUT2D eigenvalue weighted by Gasteiger charge is -2.05. The van der Waals surface area contributed by atoms with E-state index in [9.17, 15) is 9.18 Å². The molecule has 118 valence electrons. The van der Waals surface area contributed by atoms with Crippen molar-refractivity contribution in [1.29, 1.82) is 0 Å². The molecule has 23 heavy (non-hydrogen) atoms. The highest BCUT2D eigenvalue weighted by Gasteiger charge is 2.16. The zero-order valence-corrected chi connectivity index (χ0v) is 14.4. The van der Waals surface area contributed by atoms with Gasteiger partial charge in [0.1, 0.15) is 15.7 Å². The van der Waals surface area contributed by atoms with Gasteiger partial charge < -0.3 is 5.32 Å². The Morgan fingerprint density at radius 1 is 1.30 bits per heavy atom. The number of hydrogen-bond acceptors (Lipinski definition) is 4. The smallest absolute Gasteiger partial charge is 0.263 e. The van der Waals surface area contributed by atoms with Gasteiger partial charge in [-0.1, -0.05) is 18.2 Å². The Kier molecular flexibility index (Phi) is 4.54. The number of aryl methyl sites for hydroxylation is 2. The van der Waals surface area contributed by atoms with Crippen molar-refractivity contribution in [3.63, 3.8) is 0 Å². The molecule has 0 bridgehead atoms. The molecule has 0 fully saturated rings. The molecule has 3 rings (SSSR count). The lowest BCUT2D eigenvalue weighted by Crippen LogP contribution is -2.22. The van der Waals surface area contributed by atoms with Crippen LogP contribution in [0.3, 0.4) is 0 Å². The molecular formula is C17H15FN2OS2. The fraction of sp³-hybridized carbons (Fsp3) is 0.176. The van der Waals surface area contributed by atoms with Gasteiger partial charge in [-0.2, -0.15) is 0 Å². The van der Waals surface area contributed by atoms with Crippen LogP contribution in [0.2, 0.25) is 0 Å². The van der Waals surface area contributed by atoms with E-state index in [0.29, 0.717) is 17.0 Å². The maximum atomic E-state index is 13.3. The molecule has 2 aromatic heterocycles. The molecule has 1 N–H and O–H groups in total. The van der Waals surface area contributed by atoms with Crippen LogP contribution in [0.15, 0.2) is 35.7 Å². The van der Waals surface area contributed by atoms with Gasteiger partial charge in [-0.3, -0.25) is 4.79 Å². The second kappa shape index (κ2) is 6.60. The maximum absolute atomic E-state index is 13.3. The lowest BCUT2D eigenvalue weighted by atomic mass is 10.1. The predicted octanol–water partition coefficient (Wildman–Crippen LogP) is 4.56. The van der Waals surface area contributed by atoms with Crippen LogP contribution in [0.1, 0.15) is 26.5 Å². The van der Waals surface area contributed by atoms with Crippen molar-refractivity contribution >= 4 is 28.6 Å². The molecule has 0 saturated heterocycles. The molecule has 0 spiro atoms. The topological polar surface area (TPSA) is 42.0 Å². The van der Waals surface area contributed by atoms with Gasteiger partial charge in [0, 0.05) is 6.54 Å². The number of hydrogen-bond donors (Lipinski definition) is 1. The SMILES string of the molecule is Cc1cc(CNC(=O)c2sc(-c3cccs3)nc2C)ccc1F. The van der Waals surface area contributed by atoms with Crippen LogP contribution in [0.5, 0.6) is 0 Å². The average molecular weight is 346 g/mol. The van der Waals surface area contributed by atoms with Gasteiger partial charge in [0.25, 0.3) is 5.91 Å². The summed E-state index contributed by atoms with van der Waals surface area (Å²) < 4.78 is 13.3. The first kappa shape index (κ1) is 15.8. The third-order valence-electron chi connectivity index (χ3n) is 3.41. The molecule has 3 nitrogen and oxygen atoms in total. The van der Waals surface area contributed by atoms with E-state index in [2.05, 4.69) is 10.3 Å². The average Bonchev–Trinajstić information content (AvgIpc) is 3.17. The van der Waals surface area contributed by atoms with E-state index < -0.39 is 0 Å². The first-order chi connectivity index (χ1) is 11.0. The summed E-state index contributed by atoms with van der Waals surface area (Å²) in [5, 5.41) is 5.72. The normalized spacial score (nSPS) is 10.7. The monoisotopic (exact) mass is 346 g/mol. The van der Waals surface area contributed by atoms with E-state index in [0.717, 1.165) is 21.1 Å². The Balaban J connectivity index is 1.72. The number of carbonyl (C=O) groups excluding carboxylic acids is 1. The number of amides is 1. The number of aromatic nitrogens is 1. The Morgan fingerprint density at radius 3 is 2.83 bits per heavy atom. The Bertz CT molecular complexity index is 840. The fourth-order valence-electron chi connectivity index (χ4n) is 2.19. The van der Waals surface area contributed by atoms with Gasteiger partial charge in [0.15, 0.2) is 0 Å². The molecule has 0 unspecified atom stereocenters. The van der Waals surface area contributed by atoms with Crippen molar-refractivity contribution in [2.45, 2.75) is 20.4 Å². The highest BCUT2D eigenvalue weighted by atomic mass is 32.1. The molecule has 1 aromatic carbocycles. The number of benzene rings is 1. The summed E-state index contributed by atoms with van der Waals surface area (Å²) in [7, 11) is 0. The number of thiazole rings is 1. The third-order valence-corrected chi connectivity index (χ3v) is 5.61. The van der Waals surface area contributed by atoms with Gasteiger partial charge in [-0.05, 0) is 42.5 Å². The van der Waals surface area contributed by atoms with Crippen LogP contribution in [-0.2, 0) is 6.54 Å². The first-order valence-corrected chi connectivity index (χ1v) is 8.79. The summed E-state index contributed by atoms with van der Waals surface area (Å²) in [4.78, 5) is 18.5. The maximum Gasteiger partial charge on any atom is 0.263 e.